The summed E-state index contributed by atoms with van der Waals surface area (Å²) in [5.74, 6) is 0. The van der Waals surface area contributed by atoms with Crippen molar-refractivity contribution in [3.8, 4) is 0 Å². The molecule has 0 spiro atoms. The minimum absolute atomic E-state index is 0.0164. The number of H-pyrrole nitrogens is 1. The van der Waals surface area contributed by atoms with Crippen LogP contribution in [0.2, 0.25) is 0 Å². The molecule has 1 aliphatic carbocycles. The highest BCUT2D eigenvalue weighted by Crippen LogP contribution is 2.22. The van der Waals surface area contributed by atoms with E-state index in [1.54, 1.807) is 0 Å². The van der Waals surface area contributed by atoms with Gasteiger partial charge in [-0.1, -0.05) is 6.08 Å². The molecule has 0 saturated carbocycles. The molecule has 3 N–H and O–H groups in total. The number of rotatable bonds is 6. The van der Waals surface area contributed by atoms with Crippen LogP contribution in [0.5, 0.6) is 0 Å². The first-order valence-electron chi connectivity index (χ1n) is 6.35. The van der Waals surface area contributed by atoms with E-state index >= 15 is 0 Å². The minimum Gasteiger partial charge on any atom is -0.396 e. The summed E-state index contributed by atoms with van der Waals surface area (Å²) in [6.07, 6.45) is 3.87. The molecule has 1 atom stereocenters. The van der Waals surface area contributed by atoms with Crippen LogP contribution in [0.15, 0.2) is 17.2 Å². The van der Waals surface area contributed by atoms with Gasteiger partial charge in [-0.2, -0.15) is 0 Å². The first kappa shape index (κ1) is 13.9. The first-order chi connectivity index (χ1) is 9.11. The highest BCUT2D eigenvalue weighted by molar-refractivity contribution is 5.70. The van der Waals surface area contributed by atoms with Gasteiger partial charge in [-0.15, -0.1) is 0 Å². The monoisotopic (exact) mass is 265 g/mol. The number of nitrogens with one attached hydrogen (secondary N) is 1. The maximum Gasteiger partial charge on any atom is 0.254 e. The number of hydrogen-bond acceptors (Lipinski definition) is 5. The normalized spacial score (nSPS) is 15.5. The van der Waals surface area contributed by atoms with Gasteiger partial charge in [0.05, 0.1) is 18.1 Å². The molecule has 104 valence electrons. The molecule has 6 nitrogen and oxygen atoms in total. The number of likely N-dealkylation sites (N-methyl/N-ethyl adjacent to an activating group) is 1. The third-order valence-electron chi connectivity index (χ3n) is 3.23. The topological polar surface area (TPSA) is 89.5 Å². The molecular weight excluding hydrogens is 246 g/mol. The number of fused-ring (bicyclic) bond motifs is 1. The second-order valence-electron chi connectivity index (χ2n) is 4.86. The molecule has 1 unspecified atom stereocenters. The van der Waals surface area contributed by atoms with E-state index in [4.69, 9.17) is 5.11 Å². The van der Waals surface area contributed by atoms with Gasteiger partial charge < -0.3 is 15.2 Å². The van der Waals surface area contributed by atoms with Crippen LogP contribution in [0.1, 0.15) is 17.7 Å². The Morgan fingerprint density at radius 3 is 3.11 bits per heavy atom. The van der Waals surface area contributed by atoms with E-state index in [1.807, 2.05) is 18.0 Å². The third kappa shape index (κ3) is 3.28. The van der Waals surface area contributed by atoms with Crippen LogP contribution in [0.3, 0.4) is 0 Å². The predicted octanol–water partition coefficient (Wildman–Crippen LogP) is -0.616. The number of aliphatic hydroxyl groups excluding tert-OH is 2. The van der Waals surface area contributed by atoms with Crippen LogP contribution in [0.4, 0.5) is 0 Å². The summed E-state index contributed by atoms with van der Waals surface area (Å²) in [6.45, 7) is 1.10. The molecule has 0 bridgehead atoms. The Morgan fingerprint density at radius 1 is 1.58 bits per heavy atom. The number of aliphatic hydroxyl groups is 2. The average molecular weight is 265 g/mol. The lowest BCUT2D eigenvalue weighted by Crippen LogP contribution is -2.31. The van der Waals surface area contributed by atoms with E-state index in [0.717, 1.165) is 11.3 Å². The van der Waals surface area contributed by atoms with Gasteiger partial charge in [0.1, 0.15) is 0 Å². The molecule has 0 saturated heterocycles. The van der Waals surface area contributed by atoms with Crippen LogP contribution in [-0.4, -0.2) is 57.9 Å². The maximum atomic E-state index is 11.6. The van der Waals surface area contributed by atoms with Crippen LogP contribution in [0.25, 0.3) is 5.57 Å². The lowest BCUT2D eigenvalue weighted by molar-refractivity contribution is 0.102. The predicted molar refractivity (Wildman–Crippen MR) is 71.7 cm³/mol. The van der Waals surface area contributed by atoms with Crippen molar-refractivity contribution in [1.29, 1.82) is 0 Å². The highest BCUT2D eigenvalue weighted by atomic mass is 16.3. The van der Waals surface area contributed by atoms with Crippen molar-refractivity contribution in [3.05, 3.63) is 34.0 Å². The van der Waals surface area contributed by atoms with E-state index in [0.29, 0.717) is 31.5 Å². The highest BCUT2D eigenvalue weighted by Gasteiger charge is 2.20. The van der Waals surface area contributed by atoms with E-state index in [-0.39, 0.29) is 12.2 Å². The van der Waals surface area contributed by atoms with Crippen molar-refractivity contribution in [3.63, 3.8) is 0 Å². The van der Waals surface area contributed by atoms with Gasteiger partial charge >= 0.3 is 0 Å². The first-order valence-corrected chi connectivity index (χ1v) is 6.35. The van der Waals surface area contributed by atoms with E-state index in [9.17, 15) is 9.90 Å². The zero-order valence-corrected chi connectivity index (χ0v) is 11.0. The Hall–Kier alpha value is -1.50. The summed E-state index contributed by atoms with van der Waals surface area (Å²) in [7, 11) is 1.90. The average Bonchev–Trinajstić information content (AvgIpc) is 2.74. The van der Waals surface area contributed by atoms with Crippen molar-refractivity contribution in [1.82, 2.24) is 14.9 Å². The molecule has 0 aromatic carbocycles. The standard InChI is InChI=1S/C13H19N3O3/c1-16(7-10(18)4-5-17)6-9-2-3-11-12(9)14-8-15-13(11)19/h2,8,10,17-18H,3-7H2,1H3,(H,14,15,19). The fourth-order valence-corrected chi connectivity index (χ4v) is 2.31. The largest absolute Gasteiger partial charge is 0.396 e. The van der Waals surface area contributed by atoms with Gasteiger partial charge in [0, 0.05) is 25.3 Å². The Labute approximate surface area is 111 Å². The van der Waals surface area contributed by atoms with Crippen LogP contribution in [-0.2, 0) is 6.42 Å². The van der Waals surface area contributed by atoms with Crippen LogP contribution >= 0.6 is 0 Å². The Morgan fingerprint density at radius 2 is 2.37 bits per heavy atom. The van der Waals surface area contributed by atoms with Crippen LogP contribution < -0.4 is 5.56 Å². The molecule has 1 aromatic heterocycles. The van der Waals surface area contributed by atoms with Gasteiger partial charge in [0.15, 0.2) is 0 Å². The van der Waals surface area contributed by atoms with Crippen LogP contribution in [0, 0.1) is 0 Å². The summed E-state index contributed by atoms with van der Waals surface area (Å²) >= 11 is 0. The van der Waals surface area contributed by atoms with Gasteiger partial charge in [-0.25, -0.2) is 4.98 Å². The van der Waals surface area contributed by atoms with Gasteiger partial charge in [-0.05, 0) is 25.5 Å². The molecular formula is C13H19N3O3. The molecule has 1 aromatic rings. The van der Waals surface area contributed by atoms with Crippen molar-refractivity contribution in [2.24, 2.45) is 0 Å². The van der Waals surface area contributed by atoms with Crippen molar-refractivity contribution in [2.75, 3.05) is 26.7 Å². The number of nitrogens with zero attached hydrogens (tertiary/aromatic N) is 2. The van der Waals surface area contributed by atoms with Crippen molar-refractivity contribution < 1.29 is 10.2 Å². The minimum atomic E-state index is -0.538. The molecule has 6 heteroatoms. The molecule has 0 fully saturated rings. The lowest BCUT2D eigenvalue weighted by Gasteiger charge is -2.20. The quantitative estimate of drug-likeness (QED) is 0.638. The molecule has 1 heterocycles. The maximum absolute atomic E-state index is 11.6. The summed E-state index contributed by atoms with van der Waals surface area (Å²) in [4.78, 5) is 20.3. The Balaban J connectivity index is 1.99. The second kappa shape index (κ2) is 6.10. The fourth-order valence-electron chi connectivity index (χ4n) is 2.31. The molecule has 1 aliphatic rings. The SMILES string of the molecule is CN(CC1=CCc2c1nc[nH]c2=O)CC(O)CCO. The number of hydrogen-bond donors (Lipinski definition) is 3. The molecule has 0 radical (unpaired) electrons. The molecule has 0 aliphatic heterocycles. The Kier molecular flexibility index (Phi) is 4.47. The summed E-state index contributed by atoms with van der Waals surface area (Å²) in [5.41, 5.74) is 2.40. The van der Waals surface area contributed by atoms with Gasteiger partial charge in [0.25, 0.3) is 5.56 Å². The third-order valence-corrected chi connectivity index (χ3v) is 3.23. The van der Waals surface area contributed by atoms with E-state index in [2.05, 4.69) is 9.97 Å². The molecule has 2 rings (SSSR count). The Bertz CT molecular complexity index is 524. The fraction of sp³-hybridized carbons (Fsp3) is 0.538. The van der Waals surface area contributed by atoms with E-state index < -0.39 is 6.10 Å². The number of aromatic nitrogens is 2. The summed E-state index contributed by atoms with van der Waals surface area (Å²) in [6, 6.07) is 0. The molecule has 0 amide bonds. The van der Waals surface area contributed by atoms with Crippen molar-refractivity contribution >= 4 is 5.57 Å². The summed E-state index contributed by atoms with van der Waals surface area (Å²) < 4.78 is 0. The lowest BCUT2D eigenvalue weighted by atomic mass is 10.1. The van der Waals surface area contributed by atoms with E-state index in [1.165, 1.54) is 6.33 Å². The smallest absolute Gasteiger partial charge is 0.254 e. The zero-order valence-electron chi connectivity index (χ0n) is 11.0. The zero-order chi connectivity index (χ0) is 13.8. The van der Waals surface area contributed by atoms with Gasteiger partial charge in [0.2, 0.25) is 0 Å². The summed E-state index contributed by atoms with van der Waals surface area (Å²) in [5, 5.41) is 18.4. The van der Waals surface area contributed by atoms with Gasteiger partial charge in [-0.3, -0.25) is 9.69 Å². The molecule has 19 heavy (non-hydrogen) atoms. The number of allylic oxidation sites excluding steroid dienone is 1. The second-order valence-corrected chi connectivity index (χ2v) is 4.86. The van der Waals surface area contributed by atoms with Crippen molar-refractivity contribution in [2.45, 2.75) is 18.9 Å². The number of aromatic amines is 1.